The molecule has 19 heteroatoms. The van der Waals surface area contributed by atoms with Crippen LogP contribution in [0.15, 0.2) is 137 Å². The number of methoxy groups -OCH3 is 2. The molecule has 11 heterocycles. The number of nitrogens with zero attached hydrogens (tertiary/aromatic N) is 11. The van der Waals surface area contributed by atoms with Crippen molar-refractivity contribution >= 4 is 97.9 Å². The zero-order valence-electron chi connectivity index (χ0n) is 51.9. The summed E-state index contributed by atoms with van der Waals surface area (Å²) in [7, 11) is 3.59. The van der Waals surface area contributed by atoms with Crippen LogP contribution in [-0.4, -0.2) is 173 Å². The van der Waals surface area contributed by atoms with Crippen molar-refractivity contribution in [3.63, 3.8) is 0 Å². The lowest BCUT2D eigenvalue weighted by atomic mass is 9.91. The molecule has 90 heavy (non-hydrogen) atoms. The van der Waals surface area contributed by atoms with Gasteiger partial charge in [0.25, 0.3) is 0 Å². The maximum Gasteiger partial charge on any atom is 0.418 e. The van der Waals surface area contributed by atoms with E-state index in [0.717, 1.165) is 182 Å². The zero-order chi connectivity index (χ0) is 60.4. The fourth-order valence-corrected chi connectivity index (χ4v) is 20.8. The number of hydrogen-bond donors (Lipinski definition) is 0. The lowest BCUT2D eigenvalue weighted by molar-refractivity contribution is -0.0863. The molecule has 7 unspecified atom stereocenters. The molecule has 3 aliphatic carbocycles. The van der Waals surface area contributed by atoms with Crippen LogP contribution >= 0.6 is 35.3 Å². The fourth-order valence-electron chi connectivity index (χ4n) is 17.3. The van der Waals surface area contributed by atoms with Crippen molar-refractivity contribution < 1.29 is 22.6 Å². The number of alkyl halides is 3. The Morgan fingerprint density at radius 1 is 0.433 bits per heavy atom. The summed E-state index contributed by atoms with van der Waals surface area (Å²) in [5.41, 5.74) is 13.6. The van der Waals surface area contributed by atoms with Crippen molar-refractivity contribution in [2.24, 2.45) is 38.6 Å². The second-order valence-electron chi connectivity index (χ2n) is 27.4. The molecular weight excluding hydrogens is 1190 g/mol. The van der Waals surface area contributed by atoms with Crippen molar-refractivity contribution in [3.8, 4) is 5.75 Å². The first-order chi connectivity index (χ1) is 44.0. The highest BCUT2D eigenvalue weighted by atomic mass is 32.2. The van der Waals surface area contributed by atoms with Crippen molar-refractivity contribution in [3.05, 3.63) is 107 Å². The van der Waals surface area contributed by atoms with Gasteiger partial charge in [0.2, 0.25) is 0 Å². The van der Waals surface area contributed by atoms with Crippen LogP contribution in [0, 0.1) is 23.7 Å². The molecule has 0 bridgehead atoms. The monoisotopic (exact) mass is 1270 g/mol. The first-order valence-electron chi connectivity index (χ1n) is 33.7. The fraction of sp³-hybridized carbons (Fsp3) is 0.535. The van der Waals surface area contributed by atoms with Crippen LogP contribution in [0.3, 0.4) is 0 Å². The van der Waals surface area contributed by atoms with Gasteiger partial charge in [0, 0.05) is 160 Å². The van der Waals surface area contributed by atoms with Crippen molar-refractivity contribution in [2.45, 2.75) is 114 Å². The van der Waals surface area contributed by atoms with Gasteiger partial charge in [0.05, 0.1) is 69.7 Å². The van der Waals surface area contributed by atoms with E-state index in [1.807, 2.05) is 30.6 Å². The van der Waals surface area contributed by atoms with E-state index in [0.29, 0.717) is 35.1 Å². The maximum atomic E-state index is 15.3. The minimum absolute atomic E-state index is 0.0685. The summed E-state index contributed by atoms with van der Waals surface area (Å²) in [4.78, 5) is 39.1. The highest BCUT2D eigenvalue weighted by Gasteiger charge is 2.46. The number of fused-ring (bicyclic) bond motifs is 6. The van der Waals surface area contributed by atoms with E-state index in [2.05, 4.69) is 112 Å². The highest BCUT2D eigenvalue weighted by Crippen LogP contribution is 2.55. The van der Waals surface area contributed by atoms with E-state index in [1.165, 1.54) is 95.0 Å². The first-order valence-corrected chi connectivity index (χ1v) is 36.4. The number of thioether (sulfide) groups is 3. The predicted octanol–water partition coefficient (Wildman–Crippen LogP) is 14.2. The van der Waals surface area contributed by atoms with Crippen molar-refractivity contribution in [2.75, 3.05) is 143 Å². The van der Waals surface area contributed by atoms with Crippen LogP contribution in [0.2, 0.25) is 0 Å². The third kappa shape index (κ3) is 10.6. The van der Waals surface area contributed by atoms with Crippen LogP contribution in [0.5, 0.6) is 5.75 Å². The molecule has 0 amide bonds. The Hall–Kier alpha value is -6.05. The van der Waals surface area contributed by atoms with Crippen LogP contribution < -0.4 is 29.2 Å². The Kier molecular flexibility index (Phi) is 15.1. The summed E-state index contributed by atoms with van der Waals surface area (Å²) in [6.07, 6.45) is 24.3. The SMILES string of the molecule is COC1=CC2=Nc3c(cc(N4CCC(C5CCN(C6=CC7Sc8cc(N9CCCC9)cc(N9CCCC9)c8N=C7C(C(F)(F)F)=C6)C5)C4)cc3N3CCCC3)SC2C=C1N1CCC(C2CCN(c3cc(OC)c4c(c3)SC3C=C(N5CCCC5)C=CC3=N4)C2)C1. The number of likely N-dealkylation sites (tertiary alicyclic amines) is 3. The molecule has 3 aromatic carbocycles. The molecule has 0 radical (unpaired) electrons. The summed E-state index contributed by atoms with van der Waals surface area (Å²) < 4.78 is 58.3. The molecule has 0 spiro atoms. The topological polar surface area (TPSA) is 81.5 Å². The van der Waals surface area contributed by atoms with Crippen molar-refractivity contribution in [1.82, 2.24) is 14.7 Å². The van der Waals surface area contributed by atoms with E-state index in [4.69, 9.17) is 24.5 Å². The van der Waals surface area contributed by atoms with E-state index in [1.54, 1.807) is 18.9 Å². The predicted molar refractivity (Wildman–Crippen MR) is 364 cm³/mol. The molecule has 0 saturated carbocycles. The molecule has 472 valence electrons. The molecule has 11 aliphatic heterocycles. The summed E-state index contributed by atoms with van der Waals surface area (Å²) in [6.45, 7) is 15.7. The van der Waals surface area contributed by atoms with Gasteiger partial charge in [0.1, 0.15) is 28.6 Å². The number of rotatable bonds is 12. The third-order valence-electron chi connectivity index (χ3n) is 22.2. The number of hydrogen-bond acceptors (Lipinski definition) is 16. The van der Waals surface area contributed by atoms with Crippen LogP contribution in [-0.2, 0) is 4.74 Å². The van der Waals surface area contributed by atoms with Gasteiger partial charge in [-0.3, -0.25) is 0 Å². The van der Waals surface area contributed by atoms with Gasteiger partial charge in [-0.2, -0.15) is 13.2 Å². The van der Waals surface area contributed by atoms with E-state index in [9.17, 15) is 0 Å². The number of benzene rings is 3. The maximum absolute atomic E-state index is 15.3. The minimum Gasteiger partial charge on any atom is -0.495 e. The Labute approximate surface area is 541 Å². The summed E-state index contributed by atoms with van der Waals surface area (Å²) in [5, 5.41) is -0.219. The molecule has 3 aromatic rings. The quantitative estimate of drug-likeness (QED) is 0.173. The van der Waals surface area contributed by atoms with Crippen LogP contribution in [0.1, 0.15) is 77.0 Å². The van der Waals surface area contributed by atoms with Crippen LogP contribution in [0.4, 0.5) is 58.7 Å². The molecule has 17 rings (SSSR count). The Morgan fingerprint density at radius 3 is 1.51 bits per heavy atom. The number of allylic oxidation sites excluding steroid dienone is 5. The number of anilines is 5. The highest BCUT2D eigenvalue weighted by molar-refractivity contribution is 8.01. The molecule has 14 aliphatic rings. The molecule has 8 saturated heterocycles. The molecule has 7 atom stereocenters. The van der Waals surface area contributed by atoms with E-state index in [-0.39, 0.29) is 16.2 Å². The van der Waals surface area contributed by atoms with Gasteiger partial charge < -0.3 is 48.7 Å². The zero-order valence-corrected chi connectivity index (χ0v) is 54.4. The molecule has 0 aromatic heterocycles. The normalized spacial score (nSPS) is 28.7. The van der Waals surface area contributed by atoms with Crippen LogP contribution in [0.25, 0.3) is 0 Å². The van der Waals surface area contributed by atoms with Gasteiger partial charge >= 0.3 is 6.18 Å². The summed E-state index contributed by atoms with van der Waals surface area (Å²) in [6, 6.07) is 13.8. The lowest BCUT2D eigenvalue weighted by Crippen LogP contribution is -2.34. The second kappa shape index (κ2) is 23.5. The number of ether oxygens (including phenoxy) is 2. The van der Waals surface area contributed by atoms with Crippen molar-refractivity contribution in [1.29, 1.82) is 0 Å². The van der Waals surface area contributed by atoms with Gasteiger partial charge in [-0.25, -0.2) is 15.0 Å². The average Bonchev–Trinajstić information content (AvgIpc) is 2.14. The lowest BCUT2D eigenvalue weighted by Gasteiger charge is -2.34. The first kappa shape index (κ1) is 57.8. The molecule has 8 fully saturated rings. The van der Waals surface area contributed by atoms with E-state index >= 15 is 13.2 Å². The van der Waals surface area contributed by atoms with Gasteiger partial charge in [-0.1, -0.05) is 0 Å². The Bertz CT molecular complexity index is 3680. The standard InChI is InChI=1S/C71H82F3N11O2S3/c1-86-59-38-55-62(39-56(59)85-28-16-47(43-85)46-15-27-84(42-46)52-32-60(87-2)70-66(37-52)88-61-33-48(11-12-54(61)75-70)78-17-3-4-18-78)89-64-36-51(31-57(68(64)76-55)80-21-7-8-22-80)83-26-14-45(41-83)44-13-25-82(40-44)49-29-53(71(72,73)74)67-63(34-49)90-65-35-50(79-19-5-6-20-79)30-58(69(65)77-67)81-23-9-10-24-81/h11-12,29-39,44-47,61-63H,3-10,13-28,40-43H2,1-2H3. The van der Waals surface area contributed by atoms with Gasteiger partial charge in [-0.05, 0) is 168 Å². The van der Waals surface area contributed by atoms with Gasteiger partial charge in [0.15, 0.2) is 0 Å². The second-order valence-corrected chi connectivity index (χ2v) is 30.9. The van der Waals surface area contributed by atoms with E-state index < -0.39 is 17.0 Å². The number of halogens is 3. The third-order valence-corrected chi connectivity index (χ3v) is 25.7. The molecular formula is C71H82F3N11O2S3. The smallest absolute Gasteiger partial charge is 0.418 e. The average molecular weight is 1270 g/mol. The number of aliphatic imine (C=N–C) groups is 3. The molecule has 13 nitrogen and oxygen atoms in total. The summed E-state index contributed by atoms with van der Waals surface area (Å²) in [5.74, 6) is 3.78. The summed E-state index contributed by atoms with van der Waals surface area (Å²) >= 11 is 5.42. The Morgan fingerprint density at radius 2 is 0.911 bits per heavy atom. The largest absolute Gasteiger partial charge is 0.495 e. The minimum atomic E-state index is -4.52. The Balaban J connectivity index is 0.572. The molecule has 0 N–H and O–H groups in total. The van der Waals surface area contributed by atoms with Gasteiger partial charge in [-0.15, -0.1) is 35.3 Å².